The normalized spacial score (nSPS) is 11.6. The molecule has 6 nitrogen and oxygen atoms in total. The molecule has 0 radical (unpaired) electrons. The molecule has 0 bridgehead atoms. The van der Waals surface area contributed by atoms with Crippen LogP contribution < -0.4 is 14.8 Å². The predicted molar refractivity (Wildman–Crippen MR) is 131 cm³/mol. The predicted octanol–water partition coefficient (Wildman–Crippen LogP) is 5.00. The van der Waals surface area contributed by atoms with E-state index in [9.17, 15) is 14.7 Å². The first-order chi connectivity index (χ1) is 16.4. The number of benzene rings is 3. The Morgan fingerprint density at radius 2 is 1.35 bits per heavy atom. The number of hydrogen-bond donors (Lipinski definition) is 2. The van der Waals surface area contributed by atoms with Gasteiger partial charge in [0.2, 0.25) is 5.91 Å². The largest absolute Gasteiger partial charge is 0.485 e. The zero-order valence-corrected chi connectivity index (χ0v) is 19.6. The molecule has 1 atom stereocenters. The van der Waals surface area contributed by atoms with Crippen LogP contribution in [0.2, 0.25) is 0 Å². The van der Waals surface area contributed by atoms with Gasteiger partial charge in [0.1, 0.15) is 19.3 Å². The van der Waals surface area contributed by atoms with Crippen LogP contribution in [0.25, 0.3) is 0 Å². The molecule has 0 spiro atoms. The quantitative estimate of drug-likeness (QED) is 0.396. The van der Waals surface area contributed by atoms with Crippen molar-refractivity contribution in [3.05, 3.63) is 95.6 Å². The van der Waals surface area contributed by atoms with Crippen LogP contribution in [0.4, 0.5) is 0 Å². The van der Waals surface area contributed by atoms with Gasteiger partial charge in [0.05, 0.1) is 0 Å². The molecule has 2 N–H and O–H groups in total. The highest BCUT2D eigenvalue weighted by atomic mass is 16.5. The minimum atomic E-state index is -1.08. The van der Waals surface area contributed by atoms with E-state index in [4.69, 9.17) is 9.47 Å². The van der Waals surface area contributed by atoms with Gasteiger partial charge in [0, 0.05) is 12.8 Å². The molecule has 6 heteroatoms. The Labute approximate surface area is 200 Å². The van der Waals surface area contributed by atoms with E-state index >= 15 is 0 Å². The van der Waals surface area contributed by atoms with Gasteiger partial charge in [0.15, 0.2) is 11.5 Å². The number of amides is 1. The molecular weight excluding hydrogens is 430 g/mol. The highest BCUT2D eigenvalue weighted by molar-refractivity contribution is 5.83. The minimum Gasteiger partial charge on any atom is -0.485 e. The number of aliphatic carboxylic acids is 1. The van der Waals surface area contributed by atoms with Crippen LogP contribution in [0.15, 0.2) is 78.9 Å². The van der Waals surface area contributed by atoms with E-state index in [1.165, 1.54) is 0 Å². The second-order valence-corrected chi connectivity index (χ2v) is 8.59. The summed E-state index contributed by atoms with van der Waals surface area (Å²) in [6.07, 6.45) is 0.418. The molecule has 3 aromatic rings. The van der Waals surface area contributed by atoms with E-state index in [1.54, 1.807) is 18.2 Å². The summed E-state index contributed by atoms with van der Waals surface area (Å²) < 4.78 is 12.1. The Hall–Kier alpha value is -3.80. The van der Waals surface area contributed by atoms with E-state index in [-0.39, 0.29) is 24.7 Å². The molecule has 0 saturated heterocycles. The molecule has 3 rings (SSSR count). The van der Waals surface area contributed by atoms with Crippen molar-refractivity contribution in [2.45, 2.75) is 45.9 Å². The summed E-state index contributed by atoms with van der Waals surface area (Å²) in [5.41, 5.74) is 2.76. The molecule has 0 unspecified atom stereocenters. The maximum Gasteiger partial charge on any atom is 0.326 e. The van der Waals surface area contributed by atoms with E-state index < -0.39 is 12.0 Å². The average molecular weight is 462 g/mol. The van der Waals surface area contributed by atoms with Crippen molar-refractivity contribution in [2.24, 2.45) is 5.92 Å². The standard InChI is InChI=1S/C28H31NO5/c1-20(2)15-27(30)29-24(28(31)32)16-23-13-14-25(33-18-21-9-5-3-6-10-21)26(17-23)34-19-22-11-7-4-8-12-22/h3-14,17,20,24H,15-16,18-19H2,1-2H3,(H,29,30)(H,31,32)/t24-/m1/s1. The molecule has 0 saturated carbocycles. The SMILES string of the molecule is CC(C)CC(=O)N[C@H](Cc1ccc(OCc2ccccc2)c(OCc2ccccc2)c1)C(=O)O. The summed E-state index contributed by atoms with van der Waals surface area (Å²) in [5.74, 6) is -0.110. The van der Waals surface area contributed by atoms with Crippen molar-refractivity contribution >= 4 is 11.9 Å². The highest BCUT2D eigenvalue weighted by Gasteiger charge is 2.21. The van der Waals surface area contributed by atoms with Crippen LogP contribution in [-0.4, -0.2) is 23.0 Å². The van der Waals surface area contributed by atoms with Gasteiger partial charge >= 0.3 is 5.97 Å². The second kappa shape index (κ2) is 12.4. The van der Waals surface area contributed by atoms with Gasteiger partial charge in [-0.15, -0.1) is 0 Å². The molecular formula is C28H31NO5. The fourth-order valence-electron chi connectivity index (χ4n) is 3.44. The Balaban J connectivity index is 1.77. The molecule has 0 heterocycles. The number of carboxylic acids is 1. The van der Waals surface area contributed by atoms with Crippen LogP contribution in [0.5, 0.6) is 11.5 Å². The van der Waals surface area contributed by atoms with E-state index in [2.05, 4.69) is 5.32 Å². The summed E-state index contributed by atoms with van der Waals surface area (Å²) in [7, 11) is 0. The summed E-state index contributed by atoms with van der Waals surface area (Å²) in [6, 6.07) is 23.9. The molecule has 0 aliphatic rings. The summed E-state index contributed by atoms with van der Waals surface area (Å²) in [4.78, 5) is 23.9. The number of carboxylic acid groups (broad SMARTS) is 1. The number of hydrogen-bond acceptors (Lipinski definition) is 4. The molecule has 34 heavy (non-hydrogen) atoms. The van der Waals surface area contributed by atoms with Crippen molar-refractivity contribution in [3.8, 4) is 11.5 Å². The fraction of sp³-hybridized carbons (Fsp3) is 0.286. The lowest BCUT2D eigenvalue weighted by atomic mass is 10.0. The van der Waals surface area contributed by atoms with Crippen molar-refractivity contribution in [1.29, 1.82) is 0 Å². The lowest BCUT2D eigenvalue weighted by molar-refractivity contribution is -0.141. The molecule has 0 fully saturated rings. The van der Waals surface area contributed by atoms with Crippen molar-refractivity contribution < 1.29 is 24.2 Å². The molecule has 0 aromatic heterocycles. The van der Waals surface area contributed by atoms with E-state index in [0.29, 0.717) is 24.7 Å². The highest BCUT2D eigenvalue weighted by Crippen LogP contribution is 2.30. The van der Waals surface area contributed by atoms with Gasteiger partial charge in [-0.05, 0) is 34.7 Å². The Morgan fingerprint density at radius 3 is 1.88 bits per heavy atom. The molecule has 178 valence electrons. The van der Waals surface area contributed by atoms with Crippen LogP contribution in [0.1, 0.15) is 37.0 Å². The van der Waals surface area contributed by atoms with E-state index in [0.717, 1.165) is 16.7 Å². The first-order valence-electron chi connectivity index (χ1n) is 11.4. The third kappa shape index (κ3) is 7.96. The number of nitrogens with one attached hydrogen (secondary N) is 1. The Kier molecular flexibility index (Phi) is 9.09. The van der Waals surface area contributed by atoms with Gasteiger partial charge in [-0.25, -0.2) is 4.79 Å². The summed E-state index contributed by atoms with van der Waals surface area (Å²) in [6.45, 7) is 4.56. The van der Waals surface area contributed by atoms with Gasteiger partial charge in [-0.2, -0.15) is 0 Å². The molecule has 0 aliphatic heterocycles. The molecule has 1 amide bonds. The minimum absolute atomic E-state index is 0.139. The zero-order chi connectivity index (χ0) is 24.3. The number of rotatable bonds is 12. The van der Waals surface area contributed by atoms with Gasteiger partial charge in [-0.3, -0.25) is 4.79 Å². The molecule has 3 aromatic carbocycles. The topological polar surface area (TPSA) is 84.9 Å². The smallest absolute Gasteiger partial charge is 0.326 e. The first-order valence-corrected chi connectivity index (χ1v) is 11.4. The zero-order valence-electron chi connectivity index (χ0n) is 19.6. The fourth-order valence-corrected chi connectivity index (χ4v) is 3.44. The van der Waals surface area contributed by atoms with Gasteiger partial charge in [-0.1, -0.05) is 80.6 Å². The lowest BCUT2D eigenvalue weighted by Gasteiger charge is -2.18. The third-order valence-electron chi connectivity index (χ3n) is 5.15. The van der Waals surface area contributed by atoms with Crippen LogP contribution in [0.3, 0.4) is 0 Å². The van der Waals surface area contributed by atoms with Crippen LogP contribution >= 0.6 is 0 Å². The van der Waals surface area contributed by atoms with Gasteiger partial charge in [0.25, 0.3) is 0 Å². The Morgan fingerprint density at radius 1 is 0.794 bits per heavy atom. The Bertz CT molecular complexity index is 1070. The second-order valence-electron chi connectivity index (χ2n) is 8.59. The van der Waals surface area contributed by atoms with E-state index in [1.807, 2.05) is 74.5 Å². The first kappa shape index (κ1) is 24.8. The number of carbonyl (C=O) groups excluding carboxylic acids is 1. The lowest BCUT2D eigenvalue weighted by Crippen LogP contribution is -2.42. The maximum absolute atomic E-state index is 12.1. The van der Waals surface area contributed by atoms with Crippen LogP contribution in [0, 0.1) is 5.92 Å². The monoisotopic (exact) mass is 461 g/mol. The third-order valence-corrected chi connectivity index (χ3v) is 5.15. The number of ether oxygens (including phenoxy) is 2. The maximum atomic E-state index is 12.1. The summed E-state index contributed by atoms with van der Waals surface area (Å²) >= 11 is 0. The van der Waals surface area contributed by atoms with Crippen LogP contribution in [-0.2, 0) is 29.2 Å². The number of carbonyl (C=O) groups is 2. The summed E-state index contributed by atoms with van der Waals surface area (Å²) in [5, 5.41) is 12.3. The van der Waals surface area contributed by atoms with Crippen molar-refractivity contribution in [3.63, 3.8) is 0 Å². The van der Waals surface area contributed by atoms with Crippen molar-refractivity contribution in [1.82, 2.24) is 5.32 Å². The van der Waals surface area contributed by atoms with Gasteiger partial charge < -0.3 is 19.9 Å². The molecule has 0 aliphatic carbocycles. The van der Waals surface area contributed by atoms with Crippen molar-refractivity contribution in [2.75, 3.05) is 0 Å². The average Bonchev–Trinajstić information content (AvgIpc) is 2.82.